The zero-order valence-electron chi connectivity index (χ0n) is 11.5. The summed E-state index contributed by atoms with van der Waals surface area (Å²) in [5, 5.41) is 0. The van der Waals surface area contributed by atoms with Gasteiger partial charge in [-0.25, -0.2) is 0 Å². The Balaban J connectivity index is 2.77. The van der Waals surface area contributed by atoms with Gasteiger partial charge >= 0.3 is 5.97 Å². The first-order chi connectivity index (χ1) is 7.89. The largest absolute Gasteiger partial charge is 0.469 e. The van der Waals surface area contributed by atoms with Gasteiger partial charge in [-0.2, -0.15) is 0 Å². The molecule has 0 bridgehead atoms. The molecule has 1 saturated carbocycles. The van der Waals surface area contributed by atoms with E-state index in [-0.39, 0.29) is 23.1 Å². The van der Waals surface area contributed by atoms with Crippen molar-refractivity contribution < 1.29 is 19.0 Å². The molecular formula is C13H24O4. The van der Waals surface area contributed by atoms with Crippen molar-refractivity contribution in [3.8, 4) is 0 Å². The molecule has 100 valence electrons. The maximum absolute atomic E-state index is 11.4. The lowest BCUT2D eigenvalue weighted by atomic mass is 9.68. The first-order valence-electron chi connectivity index (χ1n) is 6.06. The highest BCUT2D eigenvalue weighted by molar-refractivity contribution is 5.69. The number of esters is 1. The van der Waals surface area contributed by atoms with Gasteiger partial charge in [-0.3, -0.25) is 4.79 Å². The van der Waals surface area contributed by atoms with Crippen molar-refractivity contribution in [3.63, 3.8) is 0 Å². The van der Waals surface area contributed by atoms with Gasteiger partial charge in [0.2, 0.25) is 0 Å². The van der Waals surface area contributed by atoms with Crippen LogP contribution in [0.1, 0.15) is 39.5 Å². The van der Waals surface area contributed by atoms with Crippen molar-refractivity contribution >= 4 is 5.97 Å². The van der Waals surface area contributed by atoms with Crippen molar-refractivity contribution in [1.82, 2.24) is 0 Å². The second kappa shape index (κ2) is 5.36. The van der Waals surface area contributed by atoms with Crippen LogP contribution in [-0.4, -0.2) is 38.5 Å². The number of ether oxygens (including phenoxy) is 3. The molecule has 4 nitrogen and oxygen atoms in total. The summed E-state index contributed by atoms with van der Waals surface area (Å²) in [7, 11) is 4.86. The summed E-state index contributed by atoms with van der Waals surface area (Å²) in [6, 6.07) is 0. The van der Waals surface area contributed by atoms with Gasteiger partial charge in [-0.15, -0.1) is 0 Å². The first-order valence-corrected chi connectivity index (χ1v) is 6.06. The van der Waals surface area contributed by atoms with Crippen LogP contribution in [0.25, 0.3) is 0 Å². The molecular weight excluding hydrogens is 220 g/mol. The molecule has 1 aliphatic carbocycles. The molecule has 3 atom stereocenters. The van der Waals surface area contributed by atoms with Gasteiger partial charge in [0.05, 0.1) is 24.7 Å². The van der Waals surface area contributed by atoms with Crippen LogP contribution in [0.2, 0.25) is 0 Å². The van der Waals surface area contributed by atoms with Crippen molar-refractivity contribution in [1.29, 1.82) is 0 Å². The van der Waals surface area contributed by atoms with Crippen LogP contribution in [0.15, 0.2) is 0 Å². The van der Waals surface area contributed by atoms with Crippen LogP contribution < -0.4 is 0 Å². The summed E-state index contributed by atoms with van der Waals surface area (Å²) in [6.07, 6.45) is 3.09. The molecule has 0 aromatic rings. The summed E-state index contributed by atoms with van der Waals surface area (Å²) in [5.41, 5.74) is -0.478. The van der Waals surface area contributed by atoms with Crippen LogP contribution in [0.4, 0.5) is 0 Å². The molecule has 0 N–H and O–H groups in total. The maximum Gasteiger partial charge on any atom is 0.305 e. The molecule has 4 heteroatoms. The summed E-state index contributed by atoms with van der Waals surface area (Å²) < 4.78 is 15.9. The van der Waals surface area contributed by atoms with Gasteiger partial charge in [-0.05, 0) is 32.6 Å². The Bertz CT molecular complexity index is 279. The molecule has 0 aliphatic heterocycles. The summed E-state index contributed by atoms with van der Waals surface area (Å²) in [4.78, 5) is 11.4. The van der Waals surface area contributed by atoms with Gasteiger partial charge in [0, 0.05) is 20.6 Å². The lowest BCUT2D eigenvalue weighted by molar-refractivity contribution is -0.162. The molecule has 1 rings (SSSR count). The Labute approximate surface area is 104 Å². The molecule has 0 aromatic carbocycles. The molecule has 0 heterocycles. The normalized spacial score (nSPS) is 37.8. The van der Waals surface area contributed by atoms with Gasteiger partial charge in [0.15, 0.2) is 0 Å². The number of methoxy groups -OCH3 is 3. The second-order valence-corrected chi connectivity index (χ2v) is 5.36. The molecule has 1 fully saturated rings. The predicted molar refractivity (Wildman–Crippen MR) is 64.8 cm³/mol. The number of carbonyl (C=O) groups excluding carboxylic acids is 1. The Morgan fingerprint density at radius 1 is 1.24 bits per heavy atom. The van der Waals surface area contributed by atoms with Crippen molar-refractivity contribution in [2.45, 2.75) is 50.7 Å². The summed E-state index contributed by atoms with van der Waals surface area (Å²) in [5.74, 6) is 0.0301. The van der Waals surface area contributed by atoms with Crippen LogP contribution in [-0.2, 0) is 19.0 Å². The van der Waals surface area contributed by atoms with E-state index in [4.69, 9.17) is 14.2 Å². The Kier molecular flexibility index (Phi) is 4.55. The lowest BCUT2D eigenvalue weighted by Gasteiger charge is -2.47. The minimum Gasteiger partial charge on any atom is -0.469 e. The molecule has 0 radical (unpaired) electrons. The fourth-order valence-electron chi connectivity index (χ4n) is 2.78. The van der Waals surface area contributed by atoms with Gasteiger partial charge in [-0.1, -0.05) is 0 Å². The average Bonchev–Trinajstić information content (AvgIpc) is 2.33. The van der Waals surface area contributed by atoms with E-state index in [2.05, 4.69) is 13.8 Å². The first kappa shape index (κ1) is 14.5. The van der Waals surface area contributed by atoms with E-state index in [0.29, 0.717) is 6.42 Å². The van der Waals surface area contributed by atoms with E-state index in [9.17, 15) is 4.79 Å². The molecule has 0 saturated heterocycles. The zero-order valence-corrected chi connectivity index (χ0v) is 11.5. The topological polar surface area (TPSA) is 44.8 Å². The van der Waals surface area contributed by atoms with Crippen molar-refractivity contribution in [2.75, 3.05) is 21.3 Å². The van der Waals surface area contributed by atoms with Crippen molar-refractivity contribution in [2.24, 2.45) is 5.92 Å². The van der Waals surface area contributed by atoms with E-state index in [0.717, 1.165) is 19.3 Å². The van der Waals surface area contributed by atoms with E-state index in [1.165, 1.54) is 7.11 Å². The third kappa shape index (κ3) is 3.19. The third-order valence-corrected chi connectivity index (χ3v) is 4.21. The minimum absolute atomic E-state index is 0.155. The van der Waals surface area contributed by atoms with Gasteiger partial charge < -0.3 is 14.2 Å². The molecule has 17 heavy (non-hydrogen) atoms. The zero-order chi connectivity index (χ0) is 13.1. The predicted octanol–water partition coefficient (Wildman–Crippen LogP) is 2.16. The lowest BCUT2D eigenvalue weighted by Crippen LogP contribution is -2.50. The Morgan fingerprint density at radius 3 is 2.35 bits per heavy atom. The highest BCUT2D eigenvalue weighted by Crippen LogP contribution is 2.44. The van der Waals surface area contributed by atoms with Crippen molar-refractivity contribution in [3.05, 3.63) is 0 Å². The number of rotatable bonds is 4. The fraction of sp³-hybridized carbons (Fsp3) is 0.923. The van der Waals surface area contributed by atoms with Crippen LogP contribution >= 0.6 is 0 Å². The highest BCUT2D eigenvalue weighted by Gasteiger charge is 2.46. The van der Waals surface area contributed by atoms with Gasteiger partial charge in [0.1, 0.15) is 0 Å². The quantitative estimate of drug-likeness (QED) is 0.711. The number of carbonyl (C=O) groups is 1. The fourth-order valence-corrected chi connectivity index (χ4v) is 2.78. The smallest absolute Gasteiger partial charge is 0.305 e. The molecule has 0 amide bonds. The Hall–Kier alpha value is -0.610. The molecule has 1 aliphatic rings. The summed E-state index contributed by atoms with van der Waals surface area (Å²) in [6.45, 7) is 4.15. The Morgan fingerprint density at radius 2 is 1.88 bits per heavy atom. The molecule has 2 unspecified atom stereocenters. The SMILES string of the molecule is COC(=O)C[C@@H]1CCC(C)(OC)CC1(C)OC. The average molecular weight is 244 g/mol. The summed E-state index contributed by atoms with van der Waals surface area (Å²) >= 11 is 0. The second-order valence-electron chi connectivity index (χ2n) is 5.36. The van der Waals surface area contributed by atoms with E-state index in [1.807, 2.05) is 0 Å². The van der Waals surface area contributed by atoms with Crippen LogP contribution in [0.5, 0.6) is 0 Å². The minimum atomic E-state index is -0.322. The van der Waals surface area contributed by atoms with E-state index in [1.54, 1.807) is 14.2 Å². The standard InChI is InChI=1S/C13H24O4/c1-12(16-4)7-6-10(8-11(14)15-3)13(2,9-12)17-5/h10H,6-9H2,1-5H3/t10-,12?,13?/m0/s1. The van der Waals surface area contributed by atoms with E-state index >= 15 is 0 Å². The number of hydrogen-bond donors (Lipinski definition) is 0. The monoisotopic (exact) mass is 244 g/mol. The molecule has 0 aromatic heterocycles. The maximum atomic E-state index is 11.4. The van der Waals surface area contributed by atoms with Crippen LogP contribution in [0, 0.1) is 5.92 Å². The van der Waals surface area contributed by atoms with Crippen LogP contribution in [0.3, 0.4) is 0 Å². The third-order valence-electron chi connectivity index (χ3n) is 4.21. The van der Waals surface area contributed by atoms with E-state index < -0.39 is 0 Å². The molecule has 0 spiro atoms. The van der Waals surface area contributed by atoms with Gasteiger partial charge in [0.25, 0.3) is 0 Å². The highest BCUT2D eigenvalue weighted by atomic mass is 16.5. The number of hydrogen-bond acceptors (Lipinski definition) is 4.